The summed E-state index contributed by atoms with van der Waals surface area (Å²) in [6.07, 6.45) is 7.44. The van der Waals surface area contributed by atoms with Gasteiger partial charge < -0.3 is 14.6 Å². The van der Waals surface area contributed by atoms with Gasteiger partial charge in [-0.15, -0.1) is 0 Å². The van der Waals surface area contributed by atoms with Gasteiger partial charge in [0.1, 0.15) is 11.4 Å². The molecule has 2 aromatic heterocycles. The number of benzene rings is 3. The summed E-state index contributed by atoms with van der Waals surface area (Å²) in [7, 11) is 0. The summed E-state index contributed by atoms with van der Waals surface area (Å²) in [6.45, 7) is 4.01. The van der Waals surface area contributed by atoms with Gasteiger partial charge >= 0.3 is 0 Å². The highest BCUT2D eigenvalue weighted by atomic mass is 16.5. The molecule has 7 heteroatoms. The zero-order valence-corrected chi connectivity index (χ0v) is 23.9. The van der Waals surface area contributed by atoms with Gasteiger partial charge in [0.25, 0.3) is 0 Å². The fraction of sp³-hybridized carbons (Fsp3) is 0.314. The van der Waals surface area contributed by atoms with Crippen molar-refractivity contribution in [2.45, 2.75) is 51.6 Å². The van der Waals surface area contributed by atoms with E-state index in [9.17, 15) is 5.11 Å². The number of hydrogen-bond donors (Lipinski definition) is 1. The van der Waals surface area contributed by atoms with Crippen molar-refractivity contribution in [1.82, 2.24) is 19.7 Å². The Labute approximate surface area is 247 Å². The van der Waals surface area contributed by atoms with Crippen LogP contribution in [0, 0.1) is 0 Å². The minimum atomic E-state index is -0.0871. The maximum atomic E-state index is 9.69. The van der Waals surface area contributed by atoms with E-state index in [1.807, 2.05) is 16.8 Å². The van der Waals surface area contributed by atoms with E-state index in [0.717, 1.165) is 85.4 Å². The molecule has 1 aliphatic heterocycles. The number of fused-ring (bicyclic) bond motifs is 1. The number of aromatic nitrogens is 3. The molecule has 5 aromatic rings. The number of hydrogen-bond acceptors (Lipinski definition) is 6. The van der Waals surface area contributed by atoms with E-state index in [2.05, 4.69) is 82.7 Å². The minimum Gasteiger partial charge on any atom is -0.494 e. The SMILES string of the molecule is OCc1cncc(-c2nn(C3CCCCO3)c3ccc(OCCCN(Cc4ccccc4)Cc4ccccc4)cc23)c1. The molecule has 1 N–H and O–H groups in total. The number of aliphatic hydroxyl groups is 1. The second-order valence-electron chi connectivity index (χ2n) is 10.9. The van der Waals surface area contributed by atoms with Crippen molar-refractivity contribution >= 4 is 10.9 Å². The van der Waals surface area contributed by atoms with E-state index >= 15 is 0 Å². The molecule has 216 valence electrons. The standard InChI is InChI=1S/C35H38N4O3/c40-26-29-20-30(23-36-22-29)35-32-21-31(15-16-33(32)39(37-35)34-14-7-8-18-42-34)41-19-9-17-38(24-27-10-3-1-4-11-27)25-28-12-5-2-6-13-28/h1-6,10-13,15-16,20-23,34,40H,7-9,14,17-19,24-26H2. The summed E-state index contributed by atoms with van der Waals surface area (Å²) in [4.78, 5) is 6.82. The molecule has 0 spiro atoms. The van der Waals surface area contributed by atoms with Crippen molar-refractivity contribution in [3.05, 3.63) is 114 Å². The van der Waals surface area contributed by atoms with Gasteiger partial charge in [-0.2, -0.15) is 5.10 Å². The molecule has 1 atom stereocenters. The third-order valence-electron chi connectivity index (χ3n) is 7.74. The maximum absolute atomic E-state index is 9.69. The van der Waals surface area contributed by atoms with E-state index in [4.69, 9.17) is 14.6 Å². The van der Waals surface area contributed by atoms with E-state index in [-0.39, 0.29) is 12.8 Å². The van der Waals surface area contributed by atoms with Gasteiger partial charge in [0, 0.05) is 49.6 Å². The number of pyridine rings is 1. The predicted molar refractivity (Wildman–Crippen MR) is 165 cm³/mol. The highest BCUT2D eigenvalue weighted by Gasteiger charge is 2.22. The van der Waals surface area contributed by atoms with Gasteiger partial charge in [0.05, 0.1) is 18.7 Å². The molecule has 0 radical (unpaired) electrons. The highest BCUT2D eigenvalue weighted by Crippen LogP contribution is 2.35. The van der Waals surface area contributed by atoms with Gasteiger partial charge in [-0.05, 0) is 66.6 Å². The molecular formula is C35H38N4O3. The zero-order valence-electron chi connectivity index (χ0n) is 23.9. The van der Waals surface area contributed by atoms with Crippen LogP contribution < -0.4 is 4.74 Å². The first kappa shape index (κ1) is 28.1. The number of rotatable bonds is 12. The summed E-state index contributed by atoms with van der Waals surface area (Å²) in [5.41, 5.74) is 6.08. The van der Waals surface area contributed by atoms with Crippen LogP contribution in [0.3, 0.4) is 0 Å². The Morgan fingerprint density at radius 1 is 0.881 bits per heavy atom. The minimum absolute atomic E-state index is 0.0643. The quantitative estimate of drug-likeness (QED) is 0.169. The average Bonchev–Trinajstić information content (AvgIpc) is 3.43. The van der Waals surface area contributed by atoms with Crippen molar-refractivity contribution in [1.29, 1.82) is 0 Å². The van der Waals surface area contributed by atoms with Crippen LogP contribution in [-0.2, 0) is 24.4 Å². The highest BCUT2D eigenvalue weighted by molar-refractivity contribution is 5.94. The molecule has 3 heterocycles. The van der Waals surface area contributed by atoms with Gasteiger partial charge in [-0.3, -0.25) is 9.88 Å². The summed E-state index contributed by atoms with van der Waals surface area (Å²) in [5.74, 6) is 0.816. The lowest BCUT2D eigenvalue weighted by molar-refractivity contribution is -0.0365. The molecule has 0 saturated carbocycles. The largest absolute Gasteiger partial charge is 0.494 e. The maximum Gasteiger partial charge on any atom is 0.150 e. The van der Waals surface area contributed by atoms with Crippen LogP contribution in [0.4, 0.5) is 0 Å². The van der Waals surface area contributed by atoms with Crippen LogP contribution >= 0.6 is 0 Å². The Bertz CT molecular complexity index is 1520. The molecule has 42 heavy (non-hydrogen) atoms. The fourth-order valence-corrected chi connectivity index (χ4v) is 5.64. The molecule has 1 fully saturated rings. The van der Waals surface area contributed by atoms with Crippen LogP contribution in [-0.4, -0.2) is 44.5 Å². The molecule has 1 unspecified atom stereocenters. The molecule has 3 aromatic carbocycles. The lowest BCUT2D eigenvalue weighted by Gasteiger charge is -2.23. The number of ether oxygens (including phenoxy) is 2. The van der Waals surface area contributed by atoms with Gasteiger partial charge in [0.15, 0.2) is 6.23 Å². The van der Waals surface area contributed by atoms with Crippen molar-refractivity contribution < 1.29 is 14.6 Å². The molecule has 1 saturated heterocycles. The van der Waals surface area contributed by atoms with Crippen molar-refractivity contribution in [2.24, 2.45) is 0 Å². The molecular weight excluding hydrogens is 524 g/mol. The summed E-state index contributed by atoms with van der Waals surface area (Å²) < 4.78 is 14.4. The monoisotopic (exact) mass is 562 g/mol. The molecule has 7 nitrogen and oxygen atoms in total. The van der Waals surface area contributed by atoms with Gasteiger partial charge in [0.2, 0.25) is 0 Å². The van der Waals surface area contributed by atoms with Crippen LogP contribution in [0.2, 0.25) is 0 Å². The second-order valence-corrected chi connectivity index (χ2v) is 10.9. The Kier molecular flexibility index (Phi) is 9.20. The second kappa shape index (κ2) is 13.7. The molecule has 0 bridgehead atoms. The topological polar surface area (TPSA) is 72.6 Å². The first-order valence-corrected chi connectivity index (χ1v) is 14.9. The molecule has 6 rings (SSSR count). The summed E-state index contributed by atoms with van der Waals surface area (Å²) in [6, 6.07) is 29.4. The first-order chi connectivity index (χ1) is 20.8. The Morgan fingerprint density at radius 2 is 1.64 bits per heavy atom. The Balaban J connectivity index is 1.18. The zero-order chi connectivity index (χ0) is 28.6. The van der Waals surface area contributed by atoms with Crippen molar-refractivity contribution in [3.63, 3.8) is 0 Å². The van der Waals surface area contributed by atoms with Crippen LogP contribution in [0.5, 0.6) is 5.75 Å². The van der Waals surface area contributed by atoms with Crippen molar-refractivity contribution in [3.8, 4) is 17.0 Å². The lowest BCUT2D eigenvalue weighted by atomic mass is 10.1. The number of nitrogens with zero attached hydrogens (tertiary/aromatic N) is 4. The van der Waals surface area contributed by atoms with E-state index in [1.165, 1.54) is 11.1 Å². The predicted octanol–water partition coefficient (Wildman–Crippen LogP) is 6.76. The average molecular weight is 563 g/mol. The number of aliphatic hydroxyl groups excluding tert-OH is 1. The third-order valence-corrected chi connectivity index (χ3v) is 7.74. The first-order valence-electron chi connectivity index (χ1n) is 14.9. The van der Waals surface area contributed by atoms with E-state index in [0.29, 0.717) is 6.61 Å². The third kappa shape index (κ3) is 6.87. The smallest absolute Gasteiger partial charge is 0.150 e. The van der Waals surface area contributed by atoms with Crippen LogP contribution in [0.1, 0.15) is 48.6 Å². The normalized spacial score (nSPS) is 15.3. The molecule has 0 amide bonds. The Morgan fingerprint density at radius 3 is 2.33 bits per heavy atom. The fourth-order valence-electron chi connectivity index (χ4n) is 5.64. The van der Waals surface area contributed by atoms with E-state index in [1.54, 1.807) is 12.4 Å². The van der Waals surface area contributed by atoms with Crippen molar-refractivity contribution in [2.75, 3.05) is 19.8 Å². The van der Waals surface area contributed by atoms with Crippen LogP contribution in [0.25, 0.3) is 22.2 Å². The van der Waals surface area contributed by atoms with Crippen LogP contribution in [0.15, 0.2) is 97.3 Å². The summed E-state index contributed by atoms with van der Waals surface area (Å²) >= 11 is 0. The lowest BCUT2D eigenvalue weighted by Crippen LogP contribution is -2.25. The molecule has 1 aliphatic rings. The Hall–Kier alpha value is -4.04. The molecule has 0 aliphatic carbocycles. The summed E-state index contributed by atoms with van der Waals surface area (Å²) in [5, 5.41) is 15.7. The van der Waals surface area contributed by atoms with Gasteiger partial charge in [-0.1, -0.05) is 60.7 Å². The van der Waals surface area contributed by atoms with Gasteiger partial charge in [-0.25, -0.2) is 4.68 Å². The van der Waals surface area contributed by atoms with E-state index < -0.39 is 0 Å².